The van der Waals surface area contributed by atoms with Crippen LogP contribution >= 0.6 is 0 Å². The summed E-state index contributed by atoms with van der Waals surface area (Å²) in [6.45, 7) is 5.15. The van der Waals surface area contributed by atoms with E-state index in [1.165, 1.54) is 6.92 Å². The largest absolute Gasteiger partial charge is 0.449 e. The van der Waals surface area contributed by atoms with E-state index in [1.807, 2.05) is 48.6 Å². The number of nitrogens with zero attached hydrogens (tertiary/aromatic N) is 1. The molecule has 1 aromatic rings. The summed E-state index contributed by atoms with van der Waals surface area (Å²) in [5.74, 6) is -0.464. The van der Waals surface area contributed by atoms with Gasteiger partial charge in [0.05, 0.1) is 19.3 Å². The summed E-state index contributed by atoms with van der Waals surface area (Å²) in [5, 5.41) is 3.99. The average Bonchev–Trinajstić information content (AvgIpc) is 3.14. The third kappa shape index (κ3) is 6.38. The number of benzene rings is 1. The fourth-order valence-corrected chi connectivity index (χ4v) is 3.03. The van der Waals surface area contributed by atoms with Crippen LogP contribution in [0.4, 0.5) is 9.59 Å². The van der Waals surface area contributed by atoms with Gasteiger partial charge in [-0.2, -0.15) is 0 Å². The third-order valence-electron chi connectivity index (χ3n) is 4.22. The van der Waals surface area contributed by atoms with Crippen molar-refractivity contribution in [1.82, 2.24) is 15.8 Å². The molecule has 0 fully saturated rings. The van der Waals surface area contributed by atoms with Gasteiger partial charge in [-0.15, -0.1) is 0 Å². The molecule has 0 saturated heterocycles. The Morgan fingerprint density at radius 3 is 2.45 bits per heavy atom. The average molecular weight is 401 g/mol. The van der Waals surface area contributed by atoms with Crippen LogP contribution in [0, 0.1) is 5.92 Å². The Hall–Kier alpha value is -3.29. The van der Waals surface area contributed by atoms with Crippen LogP contribution in [0.15, 0.2) is 48.6 Å². The molecule has 0 spiro atoms. The second-order valence-corrected chi connectivity index (χ2v) is 6.34. The minimum atomic E-state index is -0.736. The summed E-state index contributed by atoms with van der Waals surface area (Å²) in [5.41, 5.74) is 3.93. The third-order valence-corrected chi connectivity index (χ3v) is 4.22. The van der Waals surface area contributed by atoms with Gasteiger partial charge in [-0.1, -0.05) is 48.6 Å². The highest BCUT2D eigenvalue weighted by molar-refractivity contribution is 5.85. The van der Waals surface area contributed by atoms with Crippen molar-refractivity contribution in [1.29, 1.82) is 0 Å². The van der Waals surface area contributed by atoms with Gasteiger partial charge in [0.2, 0.25) is 5.91 Å². The van der Waals surface area contributed by atoms with E-state index >= 15 is 0 Å². The standard InChI is InChI=1S/C21H27N3O5/c1-4-28-20(26)23-24(21(27)29-5-2)19-13-9-12-17(19)14-18(22-15(3)25)16-10-7-6-8-11-16/h6-12,14,17,19H,4-5,13H2,1-3H3,(H,22,25)(H,23,26)/b18-14-/t17-,19?/m0/s1. The van der Waals surface area contributed by atoms with Crippen molar-refractivity contribution in [3.63, 3.8) is 0 Å². The predicted octanol–water partition coefficient (Wildman–Crippen LogP) is 3.23. The Kier molecular flexibility index (Phi) is 8.27. The second-order valence-electron chi connectivity index (χ2n) is 6.34. The van der Waals surface area contributed by atoms with Gasteiger partial charge in [0.1, 0.15) is 0 Å². The molecule has 0 saturated carbocycles. The van der Waals surface area contributed by atoms with E-state index in [2.05, 4.69) is 10.7 Å². The lowest BCUT2D eigenvalue weighted by Crippen LogP contribution is -2.53. The summed E-state index contributed by atoms with van der Waals surface area (Å²) in [7, 11) is 0. The Morgan fingerprint density at radius 2 is 1.83 bits per heavy atom. The van der Waals surface area contributed by atoms with Gasteiger partial charge in [-0.3, -0.25) is 4.79 Å². The number of ether oxygens (including phenoxy) is 2. The zero-order valence-corrected chi connectivity index (χ0v) is 16.9. The fourth-order valence-electron chi connectivity index (χ4n) is 3.03. The number of hydrazine groups is 1. The number of nitrogens with one attached hydrogen (secondary N) is 2. The maximum atomic E-state index is 12.5. The molecule has 3 amide bonds. The van der Waals surface area contributed by atoms with Gasteiger partial charge in [0.25, 0.3) is 0 Å². The molecule has 0 bridgehead atoms. The molecule has 8 nitrogen and oxygen atoms in total. The molecule has 2 atom stereocenters. The van der Waals surface area contributed by atoms with Crippen molar-refractivity contribution in [3.05, 3.63) is 54.1 Å². The lowest BCUT2D eigenvalue weighted by molar-refractivity contribution is -0.117. The Morgan fingerprint density at radius 1 is 1.14 bits per heavy atom. The molecule has 1 unspecified atom stereocenters. The SMILES string of the molecule is CCOC(=O)NN(C(=O)OCC)C1CC=C[C@H]1/C=C(\NC(C)=O)c1ccccc1. The van der Waals surface area contributed by atoms with E-state index in [-0.39, 0.29) is 25.0 Å². The van der Waals surface area contributed by atoms with Crippen LogP contribution in [0.2, 0.25) is 0 Å². The molecule has 8 heteroatoms. The highest BCUT2D eigenvalue weighted by Gasteiger charge is 2.34. The first kappa shape index (κ1) is 22.0. The number of hydrogen-bond acceptors (Lipinski definition) is 5. The van der Waals surface area contributed by atoms with Gasteiger partial charge in [-0.05, 0) is 25.8 Å². The van der Waals surface area contributed by atoms with Gasteiger partial charge in [0, 0.05) is 18.5 Å². The van der Waals surface area contributed by atoms with Gasteiger partial charge in [-0.25, -0.2) is 20.0 Å². The quantitative estimate of drug-likeness (QED) is 0.563. The lowest BCUT2D eigenvalue weighted by atomic mass is 9.99. The van der Waals surface area contributed by atoms with Crippen LogP contribution in [-0.2, 0) is 14.3 Å². The topological polar surface area (TPSA) is 97.0 Å². The molecule has 0 radical (unpaired) electrons. The van der Waals surface area contributed by atoms with E-state index in [1.54, 1.807) is 13.8 Å². The van der Waals surface area contributed by atoms with Crippen LogP contribution in [0.5, 0.6) is 0 Å². The summed E-state index contributed by atoms with van der Waals surface area (Å²) < 4.78 is 10.0. The first-order valence-electron chi connectivity index (χ1n) is 9.57. The lowest BCUT2D eigenvalue weighted by Gasteiger charge is -2.31. The van der Waals surface area contributed by atoms with Crippen LogP contribution in [0.3, 0.4) is 0 Å². The summed E-state index contributed by atoms with van der Waals surface area (Å²) >= 11 is 0. The van der Waals surface area contributed by atoms with E-state index < -0.39 is 18.2 Å². The second kappa shape index (κ2) is 10.9. The first-order chi connectivity index (χ1) is 14.0. The number of carbonyl (C=O) groups is 3. The van der Waals surface area contributed by atoms with Crippen LogP contribution in [0.25, 0.3) is 5.70 Å². The minimum Gasteiger partial charge on any atom is -0.449 e. The molecular weight excluding hydrogens is 374 g/mol. The van der Waals surface area contributed by atoms with Crippen LogP contribution < -0.4 is 10.7 Å². The molecule has 29 heavy (non-hydrogen) atoms. The van der Waals surface area contributed by atoms with Gasteiger partial charge in [0.15, 0.2) is 0 Å². The predicted molar refractivity (Wildman–Crippen MR) is 108 cm³/mol. The van der Waals surface area contributed by atoms with Gasteiger partial charge < -0.3 is 14.8 Å². The Labute approximate surface area is 170 Å². The number of carbonyl (C=O) groups excluding carboxylic acids is 3. The van der Waals surface area contributed by atoms with E-state index in [4.69, 9.17) is 9.47 Å². The number of hydrogen-bond donors (Lipinski definition) is 2. The molecule has 156 valence electrons. The Bertz CT molecular complexity index is 776. The highest BCUT2D eigenvalue weighted by Crippen LogP contribution is 2.27. The maximum absolute atomic E-state index is 12.5. The molecular formula is C21H27N3O5. The Balaban J connectivity index is 2.32. The van der Waals surface area contributed by atoms with E-state index in [0.29, 0.717) is 12.1 Å². The summed E-state index contributed by atoms with van der Waals surface area (Å²) in [4.78, 5) is 36.1. The first-order valence-corrected chi connectivity index (χ1v) is 9.57. The van der Waals surface area contributed by atoms with Crippen molar-refractivity contribution in [2.45, 2.75) is 33.2 Å². The maximum Gasteiger partial charge on any atom is 0.429 e. The van der Waals surface area contributed by atoms with Crippen molar-refractivity contribution < 1.29 is 23.9 Å². The fraction of sp³-hybridized carbons (Fsp3) is 0.381. The molecule has 0 aromatic heterocycles. The van der Waals surface area contributed by atoms with Crippen molar-refractivity contribution in [3.8, 4) is 0 Å². The van der Waals surface area contributed by atoms with Crippen LogP contribution in [0.1, 0.15) is 32.8 Å². The van der Waals surface area contributed by atoms with Crippen molar-refractivity contribution in [2.75, 3.05) is 13.2 Å². The number of rotatable bonds is 6. The molecule has 1 aliphatic carbocycles. The summed E-state index contributed by atoms with van der Waals surface area (Å²) in [6, 6.07) is 8.98. The normalized spacial score (nSPS) is 18.1. The smallest absolute Gasteiger partial charge is 0.429 e. The minimum absolute atomic E-state index is 0.168. The van der Waals surface area contributed by atoms with Crippen molar-refractivity contribution >= 4 is 23.8 Å². The van der Waals surface area contributed by atoms with E-state index in [0.717, 1.165) is 10.6 Å². The van der Waals surface area contributed by atoms with Crippen molar-refractivity contribution in [2.24, 2.45) is 5.92 Å². The monoisotopic (exact) mass is 401 g/mol. The molecule has 2 rings (SSSR count). The van der Waals surface area contributed by atoms with Gasteiger partial charge >= 0.3 is 12.2 Å². The zero-order valence-electron chi connectivity index (χ0n) is 16.9. The van der Waals surface area contributed by atoms with Crippen LogP contribution in [-0.4, -0.2) is 42.4 Å². The molecule has 0 aliphatic heterocycles. The molecule has 0 heterocycles. The van der Waals surface area contributed by atoms with E-state index in [9.17, 15) is 14.4 Å². The number of amides is 3. The highest BCUT2D eigenvalue weighted by atomic mass is 16.6. The molecule has 1 aromatic carbocycles. The summed E-state index contributed by atoms with van der Waals surface area (Å²) in [6.07, 6.45) is 4.81. The molecule has 2 N–H and O–H groups in total. The zero-order chi connectivity index (χ0) is 21.2. The molecule has 1 aliphatic rings.